The van der Waals surface area contributed by atoms with Crippen molar-refractivity contribution >= 4 is 11.8 Å². The van der Waals surface area contributed by atoms with Crippen molar-refractivity contribution in [1.82, 2.24) is 9.78 Å². The highest BCUT2D eigenvalue weighted by atomic mass is 16.4. The quantitative estimate of drug-likeness (QED) is 0.885. The van der Waals surface area contributed by atoms with Crippen LogP contribution in [0.15, 0.2) is 30.3 Å². The molecule has 2 N–H and O–H groups in total. The molecular weight excluding hydrogens is 242 g/mol. The van der Waals surface area contributed by atoms with Gasteiger partial charge in [-0.2, -0.15) is 5.10 Å². The summed E-state index contributed by atoms with van der Waals surface area (Å²) >= 11 is 0. The molecule has 0 radical (unpaired) electrons. The minimum Gasteiger partial charge on any atom is -0.477 e. The summed E-state index contributed by atoms with van der Waals surface area (Å²) in [6.45, 7) is 2.58. The Kier molecular flexibility index (Phi) is 2.74. The average Bonchev–Trinajstić information content (AvgIpc) is 2.95. The third-order valence-electron chi connectivity index (χ3n) is 3.44. The predicted molar refractivity (Wildman–Crippen MR) is 71.4 cm³/mol. The van der Waals surface area contributed by atoms with Crippen LogP contribution in [0.25, 0.3) is 0 Å². The molecule has 5 nitrogen and oxygen atoms in total. The minimum atomic E-state index is -0.917. The zero-order valence-corrected chi connectivity index (χ0v) is 10.6. The van der Waals surface area contributed by atoms with E-state index < -0.39 is 5.97 Å². The van der Waals surface area contributed by atoms with E-state index in [1.54, 1.807) is 4.68 Å². The van der Waals surface area contributed by atoms with E-state index in [-0.39, 0.29) is 6.04 Å². The maximum atomic E-state index is 11.4. The Morgan fingerprint density at radius 1 is 1.47 bits per heavy atom. The molecule has 1 aromatic carbocycles. The molecule has 0 bridgehead atoms. The molecule has 98 valence electrons. The standard InChI is InChI=1S/C14H15N3O2/c1-2-10-12(14(18)19)13-15-11(8-17(13)16-10)9-6-4-3-5-7-9/h3-7,11,15H,2,8H2,1H3,(H,18,19). The van der Waals surface area contributed by atoms with Crippen molar-refractivity contribution in [1.29, 1.82) is 0 Å². The second-order valence-corrected chi connectivity index (χ2v) is 4.62. The van der Waals surface area contributed by atoms with Crippen LogP contribution < -0.4 is 5.32 Å². The van der Waals surface area contributed by atoms with Crippen molar-refractivity contribution < 1.29 is 9.90 Å². The molecule has 1 atom stereocenters. The van der Waals surface area contributed by atoms with Gasteiger partial charge in [-0.15, -0.1) is 0 Å². The summed E-state index contributed by atoms with van der Waals surface area (Å²) in [7, 11) is 0. The second kappa shape index (κ2) is 4.42. The van der Waals surface area contributed by atoms with E-state index in [0.29, 0.717) is 30.0 Å². The van der Waals surface area contributed by atoms with Crippen molar-refractivity contribution in [3.05, 3.63) is 47.2 Å². The van der Waals surface area contributed by atoms with E-state index in [1.807, 2.05) is 37.3 Å². The van der Waals surface area contributed by atoms with Gasteiger partial charge in [0.05, 0.1) is 18.3 Å². The zero-order valence-electron chi connectivity index (χ0n) is 10.6. The van der Waals surface area contributed by atoms with Gasteiger partial charge in [0.25, 0.3) is 0 Å². The Hall–Kier alpha value is -2.30. The zero-order chi connectivity index (χ0) is 13.4. The Bertz CT molecular complexity index is 619. The number of fused-ring (bicyclic) bond motifs is 1. The van der Waals surface area contributed by atoms with E-state index in [4.69, 9.17) is 0 Å². The van der Waals surface area contributed by atoms with E-state index in [1.165, 1.54) is 0 Å². The Morgan fingerprint density at radius 2 is 2.21 bits per heavy atom. The normalized spacial score (nSPS) is 17.0. The summed E-state index contributed by atoms with van der Waals surface area (Å²) in [5.41, 5.74) is 2.09. The highest BCUT2D eigenvalue weighted by Gasteiger charge is 2.30. The molecule has 19 heavy (non-hydrogen) atoms. The van der Waals surface area contributed by atoms with Gasteiger partial charge in [-0.25, -0.2) is 9.48 Å². The van der Waals surface area contributed by atoms with Crippen LogP contribution in [0.1, 0.15) is 34.6 Å². The lowest BCUT2D eigenvalue weighted by molar-refractivity contribution is 0.0697. The third-order valence-corrected chi connectivity index (χ3v) is 3.44. The van der Waals surface area contributed by atoms with Gasteiger partial charge in [-0.05, 0) is 12.0 Å². The fourth-order valence-electron chi connectivity index (χ4n) is 2.52. The molecule has 1 unspecified atom stereocenters. The summed E-state index contributed by atoms with van der Waals surface area (Å²) in [6, 6.07) is 10.1. The molecule has 2 heterocycles. The van der Waals surface area contributed by atoms with E-state index in [0.717, 1.165) is 5.56 Å². The average molecular weight is 257 g/mol. The number of carbonyl (C=O) groups is 1. The van der Waals surface area contributed by atoms with Gasteiger partial charge in [0.2, 0.25) is 0 Å². The fraction of sp³-hybridized carbons (Fsp3) is 0.286. The molecule has 0 amide bonds. The first kappa shape index (κ1) is 11.8. The van der Waals surface area contributed by atoms with Crippen molar-refractivity contribution in [2.75, 3.05) is 5.32 Å². The van der Waals surface area contributed by atoms with Crippen LogP contribution in [0.5, 0.6) is 0 Å². The van der Waals surface area contributed by atoms with Crippen molar-refractivity contribution in [2.45, 2.75) is 25.9 Å². The number of aromatic nitrogens is 2. The first-order valence-electron chi connectivity index (χ1n) is 6.35. The summed E-state index contributed by atoms with van der Waals surface area (Å²) in [6.07, 6.45) is 0.624. The van der Waals surface area contributed by atoms with Gasteiger partial charge < -0.3 is 10.4 Å². The summed E-state index contributed by atoms with van der Waals surface area (Å²) in [4.78, 5) is 11.4. The van der Waals surface area contributed by atoms with Gasteiger partial charge in [-0.1, -0.05) is 37.3 Å². The molecule has 3 rings (SSSR count). The lowest BCUT2D eigenvalue weighted by Crippen LogP contribution is -2.10. The molecule has 0 aliphatic carbocycles. The molecular formula is C14H15N3O2. The number of benzene rings is 1. The first-order chi connectivity index (χ1) is 9.20. The number of nitrogens with one attached hydrogen (secondary N) is 1. The number of anilines is 1. The van der Waals surface area contributed by atoms with Crippen molar-refractivity contribution in [3.63, 3.8) is 0 Å². The van der Waals surface area contributed by atoms with Crippen LogP contribution in [0, 0.1) is 0 Å². The van der Waals surface area contributed by atoms with Crippen LogP contribution in [0.4, 0.5) is 5.82 Å². The highest BCUT2D eigenvalue weighted by molar-refractivity contribution is 5.95. The van der Waals surface area contributed by atoms with Crippen LogP contribution in [0.3, 0.4) is 0 Å². The summed E-state index contributed by atoms with van der Waals surface area (Å²) < 4.78 is 1.76. The van der Waals surface area contributed by atoms with Gasteiger partial charge in [0.15, 0.2) is 0 Å². The lowest BCUT2D eigenvalue weighted by atomic mass is 10.1. The van der Waals surface area contributed by atoms with E-state index >= 15 is 0 Å². The largest absolute Gasteiger partial charge is 0.477 e. The fourth-order valence-corrected chi connectivity index (χ4v) is 2.52. The number of carboxylic acids is 1. The number of hydrogen-bond acceptors (Lipinski definition) is 3. The number of hydrogen-bond donors (Lipinski definition) is 2. The van der Waals surface area contributed by atoms with Gasteiger partial charge in [-0.3, -0.25) is 0 Å². The predicted octanol–water partition coefficient (Wildman–Crippen LogP) is 2.31. The topological polar surface area (TPSA) is 67.2 Å². The third kappa shape index (κ3) is 1.87. The van der Waals surface area contributed by atoms with Gasteiger partial charge in [0, 0.05) is 0 Å². The summed E-state index contributed by atoms with van der Waals surface area (Å²) in [5.74, 6) is -0.294. The van der Waals surface area contributed by atoms with Crippen LogP contribution in [0.2, 0.25) is 0 Å². The lowest BCUT2D eigenvalue weighted by Gasteiger charge is -2.11. The number of rotatable bonds is 3. The number of carboxylic acid groups (broad SMARTS) is 1. The SMILES string of the molecule is CCc1nn2c(c1C(=O)O)NC(c1ccccc1)C2. The maximum Gasteiger partial charge on any atom is 0.341 e. The van der Waals surface area contributed by atoms with E-state index in [9.17, 15) is 9.90 Å². The van der Waals surface area contributed by atoms with Gasteiger partial charge in [0.1, 0.15) is 11.4 Å². The highest BCUT2D eigenvalue weighted by Crippen LogP contribution is 2.33. The van der Waals surface area contributed by atoms with Crippen molar-refractivity contribution in [3.8, 4) is 0 Å². The molecule has 1 aromatic heterocycles. The number of aryl methyl sites for hydroxylation is 1. The molecule has 5 heteroatoms. The minimum absolute atomic E-state index is 0.0905. The molecule has 1 aliphatic heterocycles. The van der Waals surface area contributed by atoms with E-state index in [2.05, 4.69) is 10.4 Å². The smallest absolute Gasteiger partial charge is 0.341 e. The maximum absolute atomic E-state index is 11.4. The number of nitrogens with zero attached hydrogens (tertiary/aromatic N) is 2. The second-order valence-electron chi connectivity index (χ2n) is 4.62. The van der Waals surface area contributed by atoms with Gasteiger partial charge >= 0.3 is 5.97 Å². The monoisotopic (exact) mass is 257 g/mol. The summed E-state index contributed by atoms with van der Waals surface area (Å²) in [5, 5.41) is 17.0. The first-order valence-corrected chi connectivity index (χ1v) is 6.35. The Morgan fingerprint density at radius 3 is 2.84 bits per heavy atom. The molecule has 2 aromatic rings. The molecule has 1 aliphatic rings. The number of aromatic carboxylic acids is 1. The van der Waals surface area contributed by atoms with Crippen molar-refractivity contribution in [2.24, 2.45) is 0 Å². The Labute approximate surface area is 110 Å². The molecule has 0 saturated heterocycles. The molecule has 0 fully saturated rings. The van der Waals surface area contributed by atoms with Crippen LogP contribution in [-0.4, -0.2) is 20.9 Å². The Balaban J connectivity index is 1.95. The molecule has 0 spiro atoms. The van der Waals surface area contributed by atoms with Crippen LogP contribution in [-0.2, 0) is 13.0 Å². The molecule has 0 saturated carbocycles. The van der Waals surface area contributed by atoms with Crippen LogP contribution >= 0.6 is 0 Å².